The molecular formula is C13H15N3O2S. The smallest absolute Gasteiger partial charge is 0.195 e. The van der Waals surface area contributed by atoms with Gasteiger partial charge < -0.3 is 9.47 Å². The van der Waals surface area contributed by atoms with Gasteiger partial charge in [0.15, 0.2) is 22.1 Å². The normalized spacial score (nSPS) is 14.4. The number of hydrogen-bond donors (Lipinski definition) is 1. The quantitative estimate of drug-likeness (QED) is 0.873. The third-order valence-electron chi connectivity index (χ3n) is 3.26. The van der Waals surface area contributed by atoms with E-state index in [1.807, 2.05) is 18.2 Å². The van der Waals surface area contributed by atoms with E-state index in [2.05, 4.69) is 14.8 Å². The van der Waals surface area contributed by atoms with Gasteiger partial charge in [-0.1, -0.05) is 6.07 Å². The van der Waals surface area contributed by atoms with Gasteiger partial charge in [-0.25, -0.2) is 0 Å². The molecule has 0 bridgehead atoms. The first kappa shape index (κ1) is 12.2. The van der Waals surface area contributed by atoms with Gasteiger partial charge in [0.25, 0.3) is 0 Å². The molecule has 2 aromatic rings. The molecule has 6 heteroatoms. The zero-order valence-electron chi connectivity index (χ0n) is 10.8. The van der Waals surface area contributed by atoms with Gasteiger partial charge in [-0.05, 0) is 37.2 Å². The second kappa shape index (κ2) is 4.70. The van der Waals surface area contributed by atoms with Gasteiger partial charge in [0.2, 0.25) is 0 Å². The summed E-state index contributed by atoms with van der Waals surface area (Å²) >= 11 is 5.30. The highest BCUT2D eigenvalue weighted by atomic mass is 32.1. The highest BCUT2D eigenvalue weighted by Crippen LogP contribution is 2.42. The molecule has 3 rings (SSSR count). The molecule has 1 heterocycles. The van der Waals surface area contributed by atoms with E-state index in [9.17, 15) is 0 Å². The molecule has 0 aliphatic heterocycles. The van der Waals surface area contributed by atoms with Gasteiger partial charge in [0.05, 0.1) is 19.8 Å². The first-order valence-corrected chi connectivity index (χ1v) is 6.55. The first-order chi connectivity index (χ1) is 9.26. The second-order valence-corrected chi connectivity index (χ2v) is 4.88. The van der Waals surface area contributed by atoms with E-state index < -0.39 is 0 Å². The lowest BCUT2D eigenvalue weighted by atomic mass is 10.1. The topological polar surface area (TPSA) is 52.1 Å². The fourth-order valence-corrected chi connectivity index (χ4v) is 2.51. The molecule has 0 unspecified atom stereocenters. The Kier molecular flexibility index (Phi) is 3.02. The van der Waals surface area contributed by atoms with E-state index in [4.69, 9.17) is 21.7 Å². The van der Waals surface area contributed by atoms with E-state index in [0.717, 1.165) is 24.2 Å². The van der Waals surface area contributed by atoms with Gasteiger partial charge in [-0.15, -0.1) is 0 Å². The van der Waals surface area contributed by atoms with Crippen LogP contribution in [0.3, 0.4) is 0 Å². The number of nitrogens with one attached hydrogen (secondary N) is 1. The average Bonchev–Trinajstić information content (AvgIpc) is 3.20. The molecule has 5 nitrogen and oxygen atoms in total. The van der Waals surface area contributed by atoms with Crippen LogP contribution in [0.4, 0.5) is 0 Å². The minimum absolute atomic E-state index is 0.456. The van der Waals surface area contributed by atoms with Crippen LogP contribution in [0, 0.1) is 4.77 Å². The molecule has 0 atom stereocenters. The molecule has 1 aromatic heterocycles. The van der Waals surface area contributed by atoms with Crippen molar-refractivity contribution in [3.05, 3.63) is 23.0 Å². The van der Waals surface area contributed by atoms with Gasteiger partial charge in [0, 0.05) is 6.04 Å². The Morgan fingerprint density at radius 2 is 2.11 bits per heavy atom. The summed E-state index contributed by atoms with van der Waals surface area (Å²) in [6.07, 6.45) is 2.29. The Bertz CT molecular complexity index is 658. The van der Waals surface area contributed by atoms with Crippen molar-refractivity contribution >= 4 is 12.2 Å². The molecule has 0 radical (unpaired) electrons. The standard InChI is InChI=1S/C13H15N3O2S/c1-17-10-5-3-4-9(11(10)18-2)12-14-15-13(19)16(12)8-6-7-8/h3-5,8H,6-7H2,1-2H3,(H,15,19). The van der Waals surface area contributed by atoms with E-state index in [0.29, 0.717) is 22.3 Å². The predicted molar refractivity (Wildman–Crippen MR) is 74.2 cm³/mol. The van der Waals surface area contributed by atoms with Crippen LogP contribution in [0.5, 0.6) is 11.5 Å². The Morgan fingerprint density at radius 3 is 2.74 bits per heavy atom. The summed E-state index contributed by atoms with van der Waals surface area (Å²) < 4.78 is 13.5. The summed E-state index contributed by atoms with van der Waals surface area (Å²) in [5.74, 6) is 2.18. The maximum absolute atomic E-state index is 5.46. The van der Waals surface area contributed by atoms with Gasteiger partial charge in [-0.3, -0.25) is 9.67 Å². The van der Waals surface area contributed by atoms with Crippen LogP contribution in [0.25, 0.3) is 11.4 Å². The van der Waals surface area contributed by atoms with Crippen LogP contribution in [0.1, 0.15) is 18.9 Å². The molecule has 1 aromatic carbocycles. The summed E-state index contributed by atoms with van der Waals surface area (Å²) in [6, 6.07) is 6.21. The Balaban J connectivity index is 2.19. The number of aromatic amines is 1. The van der Waals surface area contributed by atoms with Crippen molar-refractivity contribution in [3.8, 4) is 22.9 Å². The van der Waals surface area contributed by atoms with Crippen molar-refractivity contribution < 1.29 is 9.47 Å². The van der Waals surface area contributed by atoms with E-state index in [1.165, 1.54) is 0 Å². The van der Waals surface area contributed by atoms with Crippen LogP contribution in [-0.2, 0) is 0 Å². The fourth-order valence-electron chi connectivity index (χ4n) is 2.23. The number of aromatic nitrogens is 3. The number of nitrogens with zero attached hydrogens (tertiary/aromatic N) is 2. The maximum atomic E-state index is 5.46. The number of ether oxygens (including phenoxy) is 2. The predicted octanol–water partition coefficient (Wildman–Crippen LogP) is 2.96. The van der Waals surface area contributed by atoms with E-state index in [1.54, 1.807) is 14.2 Å². The number of para-hydroxylation sites is 1. The maximum Gasteiger partial charge on any atom is 0.195 e. The summed E-state index contributed by atoms with van der Waals surface area (Å²) in [6.45, 7) is 0. The minimum atomic E-state index is 0.456. The number of rotatable bonds is 4. The van der Waals surface area contributed by atoms with Crippen molar-refractivity contribution in [3.63, 3.8) is 0 Å². The van der Waals surface area contributed by atoms with Crippen molar-refractivity contribution in [2.24, 2.45) is 0 Å². The number of H-pyrrole nitrogens is 1. The molecule has 1 N–H and O–H groups in total. The number of hydrogen-bond acceptors (Lipinski definition) is 4. The van der Waals surface area contributed by atoms with Crippen LogP contribution >= 0.6 is 12.2 Å². The molecule has 0 saturated heterocycles. The molecule has 19 heavy (non-hydrogen) atoms. The lowest BCUT2D eigenvalue weighted by Gasteiger charge is -2.12. The summed E-state index contributed by atoms with van der Waals surface area (Å²) in [5.41, 5.74) is 0.890. The molecule has 1 aliphatic carbocycles. The van der Waals surface area contributed by atoms with E-state index in [-0.39, 0.29) is 0 Å². The SMILES string of the molecule is COc1cccc(-c2n[nH]c(=S)n2C2CC2)c1OC. The second-order valence-electron chi connectivity index (χ2n) is 4.49. The third-order valence-corrected chi connectivity index (χ3v) is 3.55. The Labute approximate surface area is 116 Å². The molecule has 1 saturated carbocycles. The van der Waals surface area contributed by atoms with Crippen molar-refractivity contribution in [2.75, 3.05) is 14.2 Å². The van der Waals surface area contributed by atoms with Crippen molar-refractivity contribution in [1.29, 1.82) is 0 Å². The lowest BCUT2D eigenvalue weighted by molar-refractivity contribution is 0.356. The molecule has 0 amide bonds. The molecule has 0 spiro atoms. The fraction of sp³-hybridized carbons (Fsp3) is 0.385. The van der Waals surface area contributed by atoms with Crippen LogP contribution in [0.15, 0.2) is 18.2 Å². The summed E-state index contributed by atoms with van der Waals surface area (Å²) in [5, 5.41) is 7.21. The van der Waals surface area contributed by atoms with E-state index >= 15 is 0 Å². The van der Waals surface area contributed by atoms with Crippen molar-refractivity contribution in [1.82, 2.24) is 14.8 Å². The zero-order valence-corrected chi connectivity index (χ0v) is 11.7. The summed E-state index contributed by atoms with van der Waals surface area (Å²) in [4.78, 5) is 0. The third kappa shape index (κ3) is 2.02. The van der Waals surface area contributed by atoms with Gasteiger partial charge in [-0.2, -0.15) is 5.10 Å². The molecular weight excluding hydrogens is 262 g/mol. The van der Waals surface area contributed by atoms with Crippen LogP contribution in [0.2, 0.25) is 0 Å². The van der Waals surface area contributed by atoms with Crippen LogP contribution < -0.4 is 9.47 Å². The first-order valence-electron chi connectivity index (χ1n) is 6.14. The monoisotopic (exact) mass is 277 g/mol. The highest BCUT2D eigenvalue weighted by molar-refractivity contribution is 7.71. The summed E-state index contributed by atoms with van der Waals surface area (Å²) in [7, 11) is 3.25. The average molecular weight is 277 g/mol. The zero-order chi connectivity index (χ0) is 13.4. The molecule has 1 fully saturated rings. The minimum Gasteiger partial charge on any atom is -0.493 e. The Morgan fingerprint density at radius 1 is 1.32 bits per heavy atom. The van der Waals surface area contributed by atoms with Crippen molar-refractivity contribution in [2.45, 2.75) is 18.9 Å². The van der Waals surface area contributed by atoms with Gasteiger partial charge >= 0.3 is 0 Å². The van der Waals surface area contributed by atoms with Gasteiger partial charge in [0.1, 0.15) is 0 Å². The Hall–Kier alpha value is -1.82. The lowest BCUT2D eigenvalue weighted by Crippen LogP contribution is -2.00. The van der Waals surface area contributed by atoms with Crippen LogP contribution in [-0.4, -0.2) is 29.0 Å². The largest absolute Gasteiger partial charge is 0.493 e. The molecule has 100 valence electrons. The highest BCUT2D eigenvalue weighted by Gasteiger charge is 2.29. The number of benzene rings is 1. The number of methoxy groups -OCH3 is 2. The molecule has 1 aliphatic rings.